The Morgan fingerprint density at radius 3 is 2.59 bits per heavy atom. The lowest BCUT2D eigenvalue weighted by atomic mass is 10.0. The Hall–Kier alpha value is -2.15. The minimum atomic E-state index is -0.0456. The van der Waals surface area contributed by atoms with E-state index in [0.29, 0.717) is 29.8 Å². The molecule has 34 heavy (non-hydrogen) atoms. The highest BCUT2D eigenvalue weighted by molar-refractivity contribution is 6.42. The largest absolute Gasteiger partial charge is 0.486 e. The number of nitrogens with zero attached hydrogens (tertiary/aromatic N) is 2. The maximum Gasteiger partial charge on any atom is 0.225 e. The number of fused-ring (bicyclic) bond motifs is 1. The molecule has 5 rings (SSSR count). The lowest BCUT2D eigenvalue weighted by Crippen LogP contribution is -2.46. The number of rotatable bonds is 7. The molecule has 1 amide bonds. The van der Waals surface area contributed by atoms with Crippen molar-refractivity contribution in [2.24, 2.45) is 5.92 Å². The van der Waals surface area contributed by atoms with Gasteiger partial charge in [-0.05, 0) is 74.7 Å². The average molecular weight is 504 g/mol. The number of benzene rings is 2. The van der Waals surface area contributed by atoms with Crippen molar-refractivity contribution in [2.75, 3.05) is 50.8 Å². The minimum Gasteiger partial charge on any atom is -0.486 e. The molecule has 0 aliphatic carbocycles. The zero-order chi connectivity index (χ0) is 23.5. The van der Waals surface area contributed by atoms with Crippen LogP contribution in [0.15, 0.2) is 36.4 Å². The molecule has 3 aliphatic rings. The van der Waals surface area contributed by atoms with Crippen molar-refractivity contribution in [3.05, 3.63) is 52.0 Å². The van der Waals surface area contributed by atoms with Crippen LogP contribution in [-0.4, -0.2) is 62.8 Å². The maximum absolute atomic E-state index is 13.3. The van der Waals surface area contributed by atoms with Crippen molar-refractivity contribution in [1.82, 2.24) is 10.2 Å². The molecule has 0 saturated carbocycles. The second kappa shape index (κ2) is 10.6. The van der Waals surface area contributed by atoms with Crippen molar-refractivity contribution in [2.45, 2.75) is 31.7 Å². The van der Waals surface area contributed by atoms with Crippen molar-refractivity contribution in [3.63, 3.8) is 0 Å². The number of nitrogens with one attached hydrogen (secondary N) is 1. The SMILES string of the molecule is O=C(NC(Cc1ccc2c(c1)OCCO2)CN1CCCC1)[C@H]1CCN(c2ccc(Cl)c(Cl)c2)C1. The second-order valence-electron chi connectivity index (χ2n) is 9.43. The van der Waals surface area contributed by atoms with Gasteiger partial charge >= 0.3 is 0 Å². The predicted octanol–water partition coefficient (Wildman–Crippen LogP) is 4.41. The zero-order valence-corrected chi connectivity index (χ0v) is 20.8. The Kier molecular flexibility index (Phi) is 7.37. The van der Waals surface area contributed by atoms with Gasteiger partial charge in [0.1, 0.15) is 13.2 Å². The molecule has 8 heteroatoms. The molecule has 2 aromatic carbocycles. The van der Waals surface area contributed by atoms with Crippen LogP contribution < -0.4 is 19.7 Å². The van der Waals surface area contributed by atoms with Gasteiger partial charge in [-0.3, -0.25) is 4.79 Å². The average Bonchev–Trinajstić information content (AvgIpc) is 3.53. The summed E-state index contributed by atoms with van der Waals surface area (Å²) in [6, 6.07) is 11.8. The Morgan fingerprint density at radius 2 is 1.79 bits per heavy atom. The van der Waals surface area contributed by atoms with Gasteiger partial charge in [0.15, 0.2) is 11.5 Å². The first kappa shape index (κ1) is 23.6. The minimum absolute atomic E-state index is 0.0456. The number of amides is 1. The highest BCUT2D eigenvalue weighted by Crippen LogP contribution is 2.32. The van der Waals surface area contributed by atoms with E-state index in [1.165, 1.54) is 12.8 Å². The predicted molar refractivity (Wildman–Crippen MR) is 136 cm³/mol. The summed E-state index contributed by atoms with van der Waals surface area (Å²) in [5.74, 6) is 1.67. The van der Waals surface area contributed by atoms with Crippen LogP contribution in [0.5, 0.6) is 11.5 Å². The number of likely N-dealkylation sites (tertiary alicyclic amines) is 1. The number of hydrogen-bond acceptors (Lipinski definition) is 5. The van der Waals surface area contributed by atoms with Crippen LogP contribution in [0.2, 0.25) is 10.0 Å². The van der Waals surface area contributed by atoms with Gasteiger partial charge in [0.25, 0.3) is 0 Å². The summed E-state index contributed by atoms with van der Waals surface area (Å²) >= 11 is 12.3. The first-order chi connectivity index (χ1) is 16.5. The van der Waals surface area contributed by atoms with Crippen LogP contribution in [0.25, 0.3) is 0 Å². The Morgan fingerprint density at radius 1 is 1.00 bits per heavy atom. The normalized spacial score (nSPS) is 21.0. The van der Waals surface area contributed by atoms with E-state index in [1.807, 2.05) is 24.3 Å². The van der Waals surface area contributed by atoms with Gasteiger partial charge in [0, 0.05) is 31.4 Å². The number of hydrogen-bond donors (Lipinski definition) is 1. The Bertz CT molecular complexity index is 1030. The lowest BCUT2D eigenvalue weighted by molar-refractivity contribution is -0.125. The van der Waals surface area contributed by atoms with E-state index in [1.54, 1.807) is 0 Å². The summed E-state index contributed by atoms with van der Waals surface area (Å²) < 4.78 is 11.4. The third kappa shape index (κ3) is 5.56. The van der Waals surface area contributed by atoms with Gasteiger partial charge in [-0.2, -0.15) is 0 Å². The van der Waals surface area contributed by atoms with Crippen LogP contribution >= 0.6 is 23.2 Å². The van der Waals surface area contributed by atoms with Crippen LogP contribution in [0.4, 0.5) is 5.69 Å². The molecule has 1 unspecified atom stereocenters. The molecule has 0 aromatic heterocycles. The van der Waals surface area contributed by atoms with Gasteiger partial charge in [0.2, 0.25) is 5.91 Å². The molecule has 0 spiro atoms. The van der Waals surface area contributed by atoms with Crippen LogP contribution in [0.3, 0.4) is 0 Å². The first-order valence-electron chi connectivity index (χ1n) is 12.2. The van der Waals surface area contributed by atoms with E-state index in [0.717, 1.165) is 61.8 Å². The Labute approximate surface area is 211 Å². The summed E-state index contributed by atoms with van der Waals surface area (Å²) in [4.78, 5) is 18.0. The summed E-state index contributed by atoms with van der Waals surface area (Å²) in [7, 11) is 0. The number of carbonyl (C=O) groups excluding carboxylic acids is 1. The summed E-state index contributed by atoms with van der Waals surface area (Å²) in [6.07, 6.45) is 4.05. The third-order valence-corrected chi connectivity index (χ3v) is 7.68. The second-order valence-corrected chi connectivity index (χ2v) is 10.2. The number of carbonyl (C=O) groups is 1. The fourth-order valence-corrected chi connectivity index (χ4v) is 5.44. The number of halogens is 2. The smallest absolute Gasteiger partial charge is 0.225 e. The molecule has 182 valence electrons. The van der Waals surface area contributed by atoms with E-state index in [4.69, 9.17) is 32.7 Å². The van der Waals surface area contributed by atoms with Crippen LogP contribution in [-0.2, 0) is 11.2 Å². The monoisotopic (exact) mass is 503 g/mol. The van der Waals surface area contributed by atoms with Crippen molar-refractivity contribution >= 4 is 34.8 Å². The molecule has 2 aromatic rings. The van der Waals surface area contributed by atoms with Gasteiger partial charge in [0.05, 0.1) is 16.0 Å². The highest BCUT2D eigenvalue weighted by Gasteiger charge is 2.31. The van der Waals surface area contributed by atoms with Gasteiger partial charge in [-0.1, -0.05) is 29.3 Å². The van der Waals surface area contributed by atoms with Crippen LogP contribution in [0, 0.1) is 5.92 Å². The first-order valence-corrected chi connectivity index (χ1v) is 12.9. The summed E-state index contributed by atoms with van der Waals surface area (Å²) in [5, 5.41) is 4.46. The maximum atomic E-state index is 13.3. The topological polar surface area (TPSA) is 54.0 Å². The standard InChI is InChI=1S/C26H31Cl2N3O3/c27-22-5-4-21(15-23(22)28)31-10-7-19(16-31)26(32)29-20(17-30-8-1-2-9-30)13-18-3-6-24-25(14-18)34-12-11-33-24/h3-6,14-15,19-20H,1-2,7-13,16-17H2,(H,29,32)/t19-,20?/m0/s1. The van der Waals surface area contributed by atoms with Gasteiger partial charge in [-0.15, -0.1) is 0 Å². The quantitative estimate of drug-likeness (QED) is 0.606. The fraction of sp³-hybridized carbons (Fsp3) is 0.500. The lowest BCUT2D eigenvalue weighted by Gasteiger charge is -2.27. The molecule has 2 fully saturated rings. The molecule has 3 aliphatic heterocycles. The fourth-order valence-electron chi connectivity index (χ4n) is 5.15. The molecule has 3 heterocycles. The van der Waals surface area contributed by atoms with Gasteiger partial charge < -0.3 is 24.6 Å². The highest BCUT2D eigenvalue weighted by atomic mass is 35.5. The summed E-state index contributed by atoms with van der Waals surface area (Å²) in [6.45, 7) is 5.73. The van der Waals surface area contributed by atoms with E-state index in [2.05, 4.69) is 27.2 Å². The number of ether oxygens (including phenoxy) is 2. The van der Waals surface area contributed by atoms with Crippen molar-refractivity contribution < 1.29 is 14.3 Å². The van der Waals surface area contributed by atoms with Crippen molar-refractivity contribution in [3.8, 4) is 11.5 Å². The molecule has 1 N–H and O–H groups in total. The molecule has 0 bridgehead atoms. The van der Waals surface area contributed by atoms with E-state index in [-0.39, 0.29) is 17.9 Å². The molecule has 0 radical (unpaired) electrons. The van der Waals surface area contributed by atoms with E-state index in [9.17, 15) is 4.79 Å². The Balaban J connectivity index is 1.24. The number of anilines is 1. The molecule has 2 saturated heterocycles. The van der Waals surface area contributed by atoms with E-state index < -0.39 is 0 Å². The van der Waals surface area contributed by atoms with Gasteiger partial charge in [-0.25, -0.2) is 0 Å². The van der Waals surface area contributed by atoms with Crippen LogP contribution in [0.1, 0.15) is 24.8 Å². The third-order valence-electron chi connectivity index (χ3n) is 6.94. The summed E-state index contributed by atoms with van der Waals surface area (Å²) in [5.41, 5.74) is 2.16. The molecular weight excluding hydrogens is 473 g/mol. The molecule has 6 nitrogen and oxygen atoms in total. The van der Waals surface area contributed by atoms with E-state index >= 15 is 0 Å². The zero-order valence-electron chi connectivity index (χ0n) is 19.3. The molecular formula is C26H31Cl2N3O3. The van der Waals surface area contributed by atoms with Crippen molar-refractivity contribution in [1.29, 1.82) is 0 Å². The molecule has 2 atom stereocenters.